The molecule has 0 atom stereocenters. The van der Waals surface area contributed by atoms with Gasteiger partial charge in [-0.25, -0.2) is 0 Å². The van der Waals surface area contributed by atoms with Crippen LogP contribution in [-0.4, -0.2) is 17.4 Å². The van der Waals surface area contributed by atoms with Gasteiger partial charge in [-0.1, -0.05) is 23.8 Å². The summed E-state index contributed by atoms with van der Waals surface area (Å²) in [5.41, 5.74) is 7.29. The van der Waals surface area contributed by atoms with Crippen LogP contribution in [0.3, 0.4) is 0 Å². The van der Waals surface area contributed by atoms with Crippen molar-refractivity contribution < 1.29 is 0 Å². The molecular formula is C14H19N3S. The van der Waals surface area contributed by atoms with Gasteiger partial charge in [0.25, 0.3) is 0 Å². The molecule has 0 aliphatic carbocycles. The number of hydrogen-bond acceptors (Lipinski definition) is 2. The van der Waals surface area contributed by atoms with Crippen LogP contribution in [0.15, 0.2) is 36.0 Å². The first-order chi connectivity index (χ1) is 8.54. The van der Waals surface area contributed by atoms with Gasteiger partial charge < -0.3 is 5.32 Å². The summed E-state index contributed by atoms with van der Waals surface area (Å²) in [6.45, 7) is 10.3. The molecule has 0 fully saturated rings. The van der Waals surface area contributed by atoms with Crippen LogP contribution in [0.1, 0.15) is 23.6 Å². The Kier molecular flexibility index (Phi) is 5.52. The Labute approximate surface area is 114 Å². The Hall–Kier alpha value is -1.68. The molecule has 0 heterocycles. The normalized spacial score (nSPS) is 10.9. The molecule has 0 aliphatic rings. The first-order valence-corrected chi connectivity index (χ1v) is 6.22. The predicted molar refractivity (Wildman–Crippen MR) is 82.1 cm³/mol. The highest BCUT2D eigenvalue weighted by molar-refractivity contribution is 7.80. The fourth-order valence-electron chi connectivity index (χ4n) is 1.52. The average molecular weight is 261 g/mol. The highest BCUT2D eigenvalue weighted by Gasteiger charge is 2.02. The van der Waals surface area contributed by atoms with E-state index in [9.17, 15) is 0 Å². The van der Waals surface area contributed by atoms with Crippen LogP contribution in [0.2, 0.25) is 0 Å². The topological polar surface area (TPSA) is 36.4 Å². The lowest BCUT2D eigenvalue weighted by atomic mass is 10.0. The summed E-state index contributed by atoms with van der Waals surface area (Å²) in [7, 11) is 0. The lowest BCUT2D eigenvalue weighted by Crippen LogP contribution is -2.32. The molecule has 0 radical (unpaired) electrons. The molecule has 1 aromatic carbocycles. The van der Waals surface area contributed by atoms with Crippen molar-refractivity contribution in [3.63, 3.8) is 0 Å². The second kappa shape index (κ2) is 6.91. The summed E-state index contributed by atoms with van der Waals surface area (Å²) < 4.78 is 0. The van der Waals surface area contributed by atoms with E-state index < -0.39 is 0 Å². The van der Waals surface area contributed by atoms with Crippen molar-refractivity contribution in [2.75, 3.05) is 6.54 Å². The van der Waals surface area contributed by atoms with Gasteiger partial charge in [-0.15, -0.1) is 6.58 Å². The van der Waals surface area contributed by atoms with Crippen molar-refractivity contribution in [1.82, 2.24) is 10.7 Å². The number of rotatable bonds is 4. The molecule has 3 nitrogen and oxygen atoms in total. The van der Waals surface area contributed by atoms with Gasteiger partial charge in [-0.2, -0.15) is 5.10 Å². The lowest BCUT2D eigenvalue weighted by molar-refractivity contribution is 0.936. The maximum atomic E-state index is 5.07. The van der Waals surface area contributed by atoms with Gasteiger partial charge in [0, 0.05) is 12.1 Å². The monoisotopic (exact) mass is 261 g/mol. The van der Waals surface area contributed by atoms with E-state index in [0.29, 0.717) is 11.7 Å². The number of nitrogens with zero attached hydrogens (tertiary/aromatic N) is 1. The van der Waals surface area contributed by atoms with Gasteiger partial charge in [0.05, 0.1) is 5.71 Å². The quantitative estimate of drug-likeness (QED) is 0.379. The molecule has 18 heavy (non-hydrogen) atoms. The fraction of sp³-hybridized carbons (Fsp3) is 0.286. The van der Waals surface area contributed by atoms with E-state index in [-0.39, 0.29) is 0 Å². The Morgan fingerprint density at radius 3 is 2.83 bits per heavy atom. The number of benzene rings is 1. The standard InChI is InChI=1S/C14H19N3S/c1-5-8-15-14(18)17-16-12(4)13-9-10(2)6-7-11(13)3/h5-7,9H,1,8H2,2-4H3,(H2,15,17,18)/b16-12-. The molecule has 0 aliphatic heterocycles. The smallest absolute Gasteiger partial charge is 0.187 e. The summed E-state index contributed by atoms with van der Waals surface area (Å²) in [4.78, 5) is 0. The minimum Gasteiger partial charge on any atom is -0.358 e. The first-order valence-electron chi connectivity index (χ1n) is 5.81. The lowest BCUT2D eigenvalue weighted by Gasteiger charge is -2.08. The molecule has 0 unspecified atom stereocenters. The van der Waals surface area contributed by atoms with E-state index in [2.05, 4.69) is 54.5 Å². The summed E-state index contributed by atoms with van der Waals surface area (Å²) in [5, 5.41) is 7.74. The number of hydrogen-bond donors (Lipinski definition) is 2. The van der Waals surface area contributed by atoms with E-state index in [4.69, 9.17) is 12.2 Å². The minimum absolute atomic E-state index is 0.500. The molecule has 0 saturated heterocycles. The average Bonchev–Trinajstić information content (AvgIpc) is 2.36. The molecule has 0 aromatic heterocycles. The molecule has 0 amide bonds. The van der Waals surface area contributed by atoms with E-state index in [1.807, 2.05) is 6.92 Å². The van der Waals surface area contributed by atoms with Crippen LogP contribution in [0.25, 0.3) is 0 Å². The Balaban J connectivity index is 2.74. The van der Waals surface area contributed by atoms with E-state index >= 15 is 0 Å². The van der Waals surface area contributed by atoms with Crippen molar-refractivity contribution in [3.8, 4) is 0 Å². The maximum absolute atomic E-state index is 5.07. The molecule has 4 heteroatoms. The van der Waals surface area contributed by atoms with Gasteiger partial charge in [0.2, 0.25) is 0 Å². The number of aryl methyl sites for hydroxylation is 2. The highest BCUT2D eigenvalue weighted by atomic mass is 32.1. The van der Waals surface area contributed by atoms with Crippen molar-refractivity contribution in [2.45, 2.75) is 20.8 Å². The number of thiocarbonyl (C=S) groups is 1. The predicted octanol–water partition coefficient (Wildman–Crippen LogP) is 2.68. The maximum Gasteiger partial charge on any atom is 0.187 e. The third-order valence-electron chi connectivity index (χ3n) is 2.51. The largest absolute Gasteiger partial charge is 0.358 e. The van der Waals surface area contributed by atoms with Gasteiger partial charge in [-0.3, -0.25) is 5.43 Å². The van der Waals surface area contributed by atoms with E-state index in [1.54, 1.807) is 6.08 Å². The summed E-state index contributed by atoms with van der Waals surface area (Å²) >= 11 is 5.07. The van der Waals surface area contributed by atoms with Crippen LogP contribution in [-0.2, 0) is 0 Å². The summed E-state index contributed by atoms with van der Waals surface area (Å²) in [5.74, 6) is 0. The molecule has 2 N–H and O–H groups in total. The van der Waals surface area contributed by atoms with Gasteiger partial charge in [-0.05, 0) is 44.6 Å². The fourth-order valence-corrected chi connectivity index (χ4v) is 1.65. The zero-order valence-corrected chi connectivity index (χ0v) is 11.9. The van der Waals surface area contributed by atoms with Crippen molar-refractivity contribution in [1.29, 1.82) is 0 Å². The van der Waals surface area contributed by atoms with E-state index in [1.165, 1.54) is 11.1 Å². The first kappa shape index (κ1) is 14.4. The summed E-state index contributed by atoms with van der Waals surface area (Å²) in [6, 6.07) is 6.31. The third-order valence-corrected chi connectivity index (χ3v) is 2.75. The molecule has 1 aromatic rings. The van der Waals surface area contributed by atoms with Crippen molar-refractivity contribution >= 4 is 23.0 Å². The molecule has 0 bridgehead atoms. The van der Waals surface area contributed by atoms with E-state index in [0.717, 1.165) is 11.3 Å². The van der Waals surface area contributed by atoms with Crippen molar-refractivity contribution in [3.05, 3.63) is 47.5 Å². The molecule has 0 saturated carbocycles. The Bertz CT molecular complexity index is 478. The minimum atomic E-state index is 0.500. The van der Waals surface area contributed by atoms with Crippen LogP contribution < -0.4 is 10.7 Å². The zero-order valence-electron chi connectivity index (χ0n) is 11.1. The van der Waals surface area contributed by atoms with Crippen LogP contribution in [0, 0.1) is 13.8 Å². The second-order valence-electron chi connectivity index (χ2n) is 4.13. The highest BCUT2D eigenvalue weighted by Crippen LogP contribution is 2.11. The van der Waals surface area contributed by atoms with Gasteiger partial charge in [0.15, 0.2) is 5.11 Å². The Morgan fingerprint density at radius 1 is 1.44 bits per heavy atom. The third kappa shape index (κ3) is 4.30. The van der Waals surface area contributed by atoms with Crippen LogP contribution in [0.4, 0.5) is 0 Å². The molecule has 0 spiro atoms. The number of nitrogens with one attached hydrogen (secondary N) is 2. The number of hydrazone groups is 1. The second-order valence-corrected chi connectivity index (χ2v) is 4.53. The SMILES string of the molecule is C=CCNC(=S)N/N=C(/C)c1cc(C)ccc1C. The molecule has 96 valence electrons. The van der Waals surface area contributed by atoms with Gasteiger partial charge >= 0.3 is 0 Å². The Morgan fingerprint density at radius 2 is 2.17 bits per heavy atom. The van der Waals surface area contributed by atoms with Gasteiger partial charge in [0.1, 0.15) is 0 Å². The zero-order chi connectivity index (χ0) is 13.5. The van der Waals surface area contributed by atoms with Crippen molar-refractivity contribution in [2.24, 2.45) is 5.10 Å². The van der Waals surface area contributed by atoms with Crippen LogP contribution >= 0.6 is 12.2 Å². The molecular weight excluding hydrogens is 242 g/mol. The van der Waals surface area contributed by atoms with Crippen LogP contribution in [0.5, 0.6) is 0 Å². The summed E-state index contributed by atoms with van der Waals surface area (Å²) in [6.07, 6.45) is 1.75. The molecule has 1 rings (SSSR count).